The number of nitrogens with one attached hydrogen (secondary N) is 1. The normalized spacial score (nSPS) is 18.4. The van der Waals surface area contributed by atoms with Gasteiger partial charge in [0.1, 0.15) is 10.7 Å². The van der Waals surface area contributed by atoms with E-state index in [9.17, 15) is 12.8 Å². The molecule has 1 atom stereocenters. The number of sulfonamides is 1. The van der Waals surface area contributed by atoms with E-state index in [0.717, 1.165) is 17.7 Å². The molecule has 122 valence electrons. The zero-order valence-corrected chi connectivity index (χ0v) is 14.0. The van der Waals surface area contributed by atoms with Crippen LogP contribution < -0.4 is 9.62 Å². The Morgan fingerprint density at radius 2 is 2.00 bits per heavy atom. The van der Waals surface area contributed by atoms with Gasteiger partial charge in [0, 0.05) is 19.1 Å². The molecule has 1 aliphatic rings. The topological polar surface area (TPSA) is 49.4 Å². The Kier molecular flexibility index (Phi) is 4.31. The van der Waals surface area contributed by atoms with Crippen molar-refractivity contribution in [1.82, 2.24) is 5.32 Å². The average Bonchev–Trinajstić information content (AvgIpc) is 2.67. The summed E-state index contributed by atoms with van der Waals surface area (Å²) in [7, 11) is -3.88. The minimum Gasteiger partial charge on any atom is -0.308 e. The lowest BCUT2D eigenvalue weighted by molar-refractivity contribution is 0.556. The SMILES string of the molecule is CC1CN(S(=O)(=O)c2ccc(F)cc2Cl)c2ccccc2CN1. The van der Waals surface area contributed by atoms with Gasteiger partial charge >= 0.3 is 0 Å². The van der Waals surface area contributed by atoms with Crippen LogP contribution in [-0.4, -0.2) is 21.0 Å². The van der Waals surface area contributed by atoms with Crippen LogP contribution in [0.25, 0.3) is 0 Å². The summed E-state index contributed by atoms with van der Waals surface area (Å²) in [6.07, 6.45) is 0. The molecule has 0 spiro atoms. The van der Waals surface area contributed by atoms with Crippen LogP contribution in [-0.2, 0) is 16.6 Å². The molecule has 1 heterocycles. The number of halogens is 2. The maximum atomic E-state index is 13.2. The van der Waals surface area contributed by atoms with Gasteiger partial charge in [-0.25, -0.2) is 12.8 Å². The highest BCUT2D eigenvalue weighted by Gasteiger charge is 2.31. The predicted octanol–water partition coefficient (Wildman–Crippen LogP) is 3.17. The molecule has 2 aromatic rings. The van der Waals surface area contributed by atoms with Crippen LogP contribution in [0.5, 0.6) is 0 Å². The van der Waals surface area contributed by atoms with Gasteiger partial charge in [-0.15, -0.1) is 0 Å². The molecular weight excluding hydrogens is 339 g/mol. The van der Waals surface area contributed by atoms with Gasteiger partial charge in [0.2, 0.25) is 0 Å². The molecule has 7 heteroatoms. The number of anilines is 1. The Balaban J connectivity index is 2.14. The van der Waals surface area contributed by atoms with Crippen molar-refractivity contribution in [3.8, 4) is 0 Å². The van der Waals surface area contributed by atoms with Crippen LogP contribution >= 0.6 is 11.6 Å². The van der Waals surface area contributed by atoms with Crippen molar-refractivity contribution in [2.45, 2.75) is 24.4 Å². The van der Waals surface area contributed by atoms with Crippen molar-refractivity contribution in [1.29, 1.82) is 0 Å². The maximum absolute atomic E-state index is 13.2. The smallest absolute Gasteiger partial charge is 0.265 e. The van der Waals surface area contributed by atoms with E-state index >= 15 is 0 Å². The molecule has 0 aliphatic carbocycles. The van der Waals surface area contributed by atoms with Crippen molar-refractivity contribution in [3.05, 3.63) is 58.9 Å². The van der Waals surface area contributed by atoms with Crippen molar-refractivity contribution < 1.29 is 12.8 Å². The molecule has 4 nitrogen and oxygen atoms in total. The molecule has 0 bridgehead atoms. The van der Waals surface area contributed by atoms with Crippen LogP contribution in [0.4, 0.5) is 10.1 Å². The number of benzene rings is 2. The molecule has 0 saturated heterocycles. The second-order valence-electron chi connectivity index (χ2n) is 5.52. The van der Waals surface area contributed by atoms with E-state index in [1.54, 1.807) is 12.1 Å². The molecule has 23 heavy (non-hydrogen) atoms. The lowest BCUT2D eigenvalue weighted by Gasteiger charge is -2.26. The van der Waals surface area contributed by atoms with Gasteiger partial charge in [-0.2, -0.15) is 0 Å². The first-order chi connectivity index (χ1) is 10.9. The van der Waals surface area contributed by atoms with Crippen molar-refractivity contribution >= 4 is 27.3 Å². The predicted molar refractivity (Wildman–Crippen MR) is 88.7 cm³/mol. The summed E-state index contributed by atoms with van der Waals surface area (Å²) in [5.41, 5.74) is 1.50. The second kappa shape index (κ2) is 6.11. The van der Waals surface area contributed by atoms with E-state index < -0.39 is 15.8 Å². The monoisotopic (exact) mass is 354 g/mol. The highest BCUT2D eigenvalue weighted by Crippen LogP contribution is 2.32. The van der Waals surface area contributed by atoms with Gasteiger partial charge in [-0.05, 0) is 36.8 Å². The number of rotatable bonds is 2. The molecule has 0 aromatic heterocycles. The highest BCUT2D eigenvalue weighted by atomic mass is 35.5. The summed E-state index contributed by atoms with van der Waals surface area (Å²) in [5.74, 6) is -0.569. The quantitative estimate of drug-likeness (QED) is 0.901. The third kappa shape index (κ3) is 3.06. The molecule has 1 unspecified atom stereocenters. The van der Waals surface area contributed by atoms with E-state index in [1.165, 1.54) is 10.4 Å². The van der Waals surface area contributed by atoms with E-state index in [-0.39, 0.29) is 22.5 Å². The largest absolute Gasteiger partial charge is 0.308 e. The molecule has 3 rings (SSSR count). The number of hydrogen-bond acceptors (Lipinski definition) is 3. The van der Waals surface area contributed by atoms with Gasteiger partial charge in [0.25, 0.3) is 10.0 Å². The molecule has 0 saturated carbocycles. The molecular formula is C16H16ClFN2O2S. The summed E-state index contributed by atoms with van der Waals surface area (Å²) in [5, 5.41) is 3.16. The molecule has 0 amide bonds. The summed E-state index contributed by atoms with van der Waals surface area (Å²) in [6, 6.07) is 10.6. The first-order valence-electron chi connectivity index (χ1n) is 7.18. The fourth-order valence-corrected chi connectivity index (χ4v) is 4.73. The Labute approximate surface area is 139 Å². The fraction of sp³-hybridized carbons (Fsp3) is 0.250. The Hall–Kier alpha value is -1.63. The Morgan fingerprint density at radius 1 is 1.26 bits per heavy atom. The molecule has 0 radical (unpaired) electrons. The Bertz CT molecular complexity index is 842. The summed E-state index contributed by atoms with van der Waals surface area (Å²) in [4.78, 5) is -0.0931. The summed E-state index contributed by atoms with van der Waals surface area (Å²) < 4.78 is 40.7. The van der Waals surface area contributed by atoms with Crippen LogP contribution in [0.3, 0.4) is 0 Å². The minimum atomic E-state index is -3.88. The second-order valence-corrected chi connectivity index (χ2v) is 7.76. The molecule has 1 N–H and O–H groups in total. The van der Waals surface area contributed by atoms with Crippen molar-refractivity contribution in [2.24, 2.45) is 0 Å². The van der Waals surface area contributed by atoms with Crippen LogP contribution in [0.15, 0.2) is 47.4 Å². The van der Waals surface area contributed by atoms with Gasteiger partial charge in [0.15, 0.2) is 0 Å². The fourth-order valence-electron chi connectivity index (χ4n) is 2.63. The van der Waals surface area contributed by atoms with Crippen LogP contribution in [0.2, 0.25) is 5.02 Å². The number of para-hydroxylation sites is 1. The summed E-state index contributed by atoms with van der Waals surface area (Å²) in [6.45, 7) is 2.77. The van der Waals surface area contributed by atoms with E-state index in [4.69, 9.17) is 11.6 Å². The van der Waals surface area contributed by atoms with Crippen molar-refractivity contribution in [2.75, 3.05) is 10.8 Å². The van der Waals surface area contributed by atoms with Gasteiger partial charge < -0.3 is 5.32 Å². The average molecular weight is 355 g/mol. The number of nitrogens with zero attached hydrogens (tertiary/aromatic N) is 1. The number of fused-ring (bicyclic) bond motifs is 1. The standard InChI is InChI=1S/C16H16ClFN2O2S/c1-11-10-20(15-5-3-2-4-12(15)9-19-11)23(21,22)16-7-6-13(18)8-14(16)17/h2-8,11,19H,9-10H2,1H3. The third-order valence-corrected chi connectivity index (χ3v) is 6.07. The lowest BCUT2D eigenvalue weighted by atomic mass is 10.2. The van der Waals surface area contributed by atoms with Gasteiger partial charge in [0.05, 0.1) is 10.7 Å². The third-order valence-electron chi connectivity index (χ3n) is 3.80. The van der Waals surface area contributed by atoms with E-state index in [0.29, 0.717) is 12.2 Å². The first kappa shape index (κ1) is 16.2. The lowest BCUT2D eigenvalue weighted by Crippen LogP contribution is -2.39. The zero-order chi connectivity index (χ0) is 16.6. The maximum Gasteiger partial charge on any atom is 0.265 e. The Morgan fingerprint density at radius 3 is 2.74 bits per heavy atom. The highest BCUT2D eigenvalue weighted by molar-refractivity contribution is 7.93. The van der Waals surface area contributed by atoms with Crippen molar-refractivity contribution in [3.63, 3.8) is 0 Å². The number of hydrogen-bond donors (Lipinski definition) is 1. The first-order valence-corrected chi connectivity index (χ1v) is 9.00. The zero-order valence-electron chi connectivity index (χ0n) is 12.5. The molecule has 1 aliphatic heterocycles. The summed E-state index contributed by atoms with van der Waals surface area (Å²) >= 11 is 5.98. The molecule has 2 aromatic carbocycles. The van der Waals surface area contributed by atoms with Gasteiger partial charge in [-0.1, -0.05) is 29.8 Å². The van der Waals surface area contributed by atoms with E-state index in [2.05, 4.69) is 5.32 Å². The minimum absolute atomic E-state index is 0.0311. The van der Waals surface area contributed by atoms with Crippen LogP contribution in [0.1, 0.15) is 12.5 Å². The van der Waals surface area contributed by atoms with Gasteiger partial charge in [-0.3, -0.25) is 4.31 Å². The van der Waals surface area contributed by atoms with E-state index in [1.807, 2.05) is 19.1 Å². The molecule has 0 fully saturated rings. The van der Waals surface area contributed by atoms with Crippen LogP contribution in [0, 0.1) is 5.82 Å².